The minimum Gasteiger partial charge on any atom is -0.507 e. The van der Waals surface area contributed by atoms with Crippen LogP contribution in [0.3, 0.4) is 0 Å². The van der Waals surface area contributed by atoms with Crippen LogP contribution < -0.4 is 9.64 Å². The molecule has 0 radical (unpaired) electrons. The van der Waals surface area contributed by atoms with Crippen LogP contribution in [0, 0.1) is 17.6 Å². The van der Waals surface area contributed by atoms with Gasteiger partial charge in [0.2, 0.25) is 0 Å². The van der Waals surface area contributed by atoms with Crippen LogP contribution in [0.2, 0.25) is 0 Å². The molecule has 5 rings (SSSR count). The highest BCUT2D eigenvalue weighted by molar-refractivity contribution is 7.22. The van der Waals surface area contributed by atoms with Crippen LogP contribution in [-0.4, -0.2) is 28.4 Å². The summed E-state index contributed by atoms with van der Waals surface area (Å²) in [5.41, 5.74) is 1.01. The van der Waals surface area contributed by atoms with E-state index in [4.69, 9.17) is 4.74 Å². The monoisotopic (exact) mass is 534 g/mol. The Labute approximate surface area is 221 Å². The van der Waals surface area contributed by atoms with Crippen LogP contribution in [-0.2, 0) is 9.59 Å². The van der Waals surface area contributed by atoms with E-state index in [0.29, 0.717) is 34.1 Å². The topological polar surface area (TPSA) is 79.7 Å². The summed E-state index contributed by atoms with van der Waals surface area (Å²) in [6.07, 6.45) is 0.843. The van der Waals surface area contributed by atoms with Crippen molar-refractivity contribution in [3.05, 3.63) is 95.1 Å². The number of nitrogens with zero attached hydrogens (tertiary/aromatic N) is 2. The third kappa shape index (κ3) is 4.89. The smallest absolute Gasteiger partial charge is 0.301 e. The second-order valence-electron chi connectivity index (χ2n) is 9.39. The summed E-state index contributed by atoms with van der Waals surface area (Å²) in [4.78, 5) is 32.5. The number of aromatic nitrogens is 1. The molecule has 38 heavy (non-hydrogen) atoms. The molecule has 1 fully saturated rings. The number of carbonyl (C=O) groups excluding carboxylic acids is 2. The lowest BCUT2D eigenvalue weighted by Gasteiger charge is -2.23. The maximum atomic E-state index is 13.8. The summed E-state index contributed by atoms with van der Waals surface area (Å²) in [7, 11) is 0. The lowest BCUT2D eigenvalue weighted by Crippen LogP contribution is -2.29. The Bertz CT molecular complexity index is 1560. The van der Waals surface area contributed by atoms with E-state index in [-0.39, 0.29) is 16.3 Å². The van der Waals surface area contributed by atoms with Crippen molar-refractivity contribution in [1.29, 1.82) is 0 Å². The van der Waals surface area contributed by atoms with E-state index in [1.165, 1.54) is 35.2 Å². The number of ether oxygens (including phenoxy) is 1. The van der Waals surface area contributed by atoms with Crippen molar-refractivity contribution in [3.8, 4) is 5.75 Å². The molecular formula is C29H24F2N2O4S. The van der Waals surface area contributed by atoms with Crippen molar-refractivity contribution in [2.75, 3.05) is 11.5 Å². The number of aliphatic hydroxyl groups is 1. The number of aliphatic hydroxyl groups excluding tert-OH is 1. The van der Waals surface area contributed by atoms with E-state index in [9.17, 15) is 23.5 Å². The lowest BCUT2D eigenvalue weighted by molar-refractivity contribution is -0.132. The number of rotatable bonds is 7. The number of ketones is 1. The minimum atomic E-state index is -1.04. The van der Waals surface area contributed by atoms with Gasteiger partial charge in [-0.15, -0.1) is 0 Å². The number of thiazole rings is 1. The molecule has 1 aromatic heterocycles. The van der Waals surface area contributed by atoms with E-state index in [0.717, 1.165) is 29.9 Å². The first-order valence-corrected chi connectivity index (χ1v) is 12.9. The van der Waals surface area contributed by atoms with E-state index < -0.39 is 35.1 Å². The van der Waals surface area contributed by atoms with Gasteiger partial charge in [0, 0.05) is 5.56 Å². The third-order valence-corrected chi connectivity index (χ3v) is 7.26. The summed E-state index contributed by atoms with van der Waals surface area (Å²) in [6, 6.07) is 15.0. The number of hydrogen-bond donors (Lipinski definition) is 1. The molecule has 1 amide bonds. The van der Waals surface area contributed by atoms with Crippen LogP contribution in [0.25, 0.3) is 16.0 Å². The molecule has 1 unspecified atom stereocenters. The number of halogens is 2. The summed E-state index contributed by atoms with van der Waals surface area (Å²) < 4.78 is 33.8. The normalized spacial score (nSPS) is 17.1. The Morgan fingerprint density at radius 2 is 1.79 bits per heavy atom. The molecular weight excluding hydrogens is 510 g/mol. The molecule has 6 nitrogen and oxygen atoms in total. The van der Waals surface area contributed by atoms with Gasteiger partial charge in [-0.05, 0) is 72.5 Å². The predicted octanol–water partition coefficient (Wildman–Crippen LogP) is 6.63. The van der Waals surface area contributed by atoms with Gasteiger partial charge in [0.25, 0.3) is 5.78 Å². The van der Waals surface area contributed by atoms with Crippen LogP contribution in [0.1, 0.15) is 37.4 Å². The van der Waals surface area contributed by atoms with Crippen molar-refractivity contribution >= 4 is 44.1 Å². The van der Waals surface area contributed by atoms with Crippen molar-refractivity contribution in [2.45, 2.75) is 26.3 Å². The number of anilines is 1. The Morgan fingerprint density at radius 3 is 2.53 bits per heavy atom. The second kappa shape index (κ2) is 10.3. The molecule has 1 aliphatic heterocycles. The second-order valence-corrected chi connectivity index (χ2v) is 10.4. The Balaban J connectivity index is 1.65. The Kier molecular flexibility index (Phi) is 6.94. The highest BCUT2D eigenvalue weighted by Gasteiger charge is 2.48. The van der Waals surface area contributed by atoms with Crippen molar-refractivity contribution < 1.29 is 28.2 Å². The van der Waals surface area contributed by atoms with Gasteiger partial charge in [-0.3, -0.25) is 14.5 Å². The fourth-order valence-electron chi connectivity index (χ4n) is 4.28. The van der Waals surface area contributed by atoms with Crippen LogP contribution in [0.15, 0.2) is 72.3 Å². The molecule has 194 valence electrons. The zero-order valence-electron chi connectivity index (χ0n) is 20.7. The first-order chi connectivity index (χ1) is 18.2. The summed E-state index contributed by atoms with van der Waals surface area (Å²) in [5, 5.41) is 11.4. The van der Waals surface area contributed by atoms with Gasteiger partial charge in [0.15, 0.2) is 5.13 Å². The van der Waals surface area contributed by atoms with Crippen LogP contribution in [0.5, 0.6) is 5.75 Å². The highest BCUT2D eigenvalue weighted by Crippen LogP contribution is 2.45. The SMILES string of the molecule is CC(C)CCOc1cccc(C2C(=C(O)c3ccc(F)cc3)C(=O)C(=O)N2c2nc3ccc(F)cc3s2)c1. The molecule has 1 aliphatic rings. The molecule has 0 aliphatic carbocycles. The number of carbonyl (C=O) groups is 2. The molecule has 0 spiro atoms. The van der Waals surface area contributed by atoms with E-state index >= 15 is 0 Å². The molecule has 1 N–H and O–H groups in total. The van der Waals surface area contributed by atoms with Crippen LogP contribution in [0.4, 0.5) is 13.9 Å². The molecule has 1 atom stereocenters. The maximum absolute atomic E-state index is 13.8. The largest absolute Gasteiger partial charge is 0.507 e. The van der Waals surface area contributed by atoms with Gasteiger partial charge in [-0.25, -0.2) is 13.8 Å². The standard InChI is InChI=1S/C29H24F2N2O4S/c1-16(2)12-13-37-21-5-3-4-18(14-21)25-24(26(34)17-6-8-19(30)9-7-17)27(35)28(36)33(25)29-32-22-11-10-20(31)15-23(22)38-29/h3-11,14-16,25,34H,12-13H2,1-2H3. The van der Waals surface area contributed by atoms with Crippen molar-refractivity contribution in [3.63, 3.8) is 0 Å². The maximum Gasteiger partial charge on any atom is 0.301 e. The third-order valence-electron chi connectivity index (χ3n) is 6.25. The van der Waals surface area contributed by atoms with Crippen molar-refractivity contribution in [1.82, 2.24) is 4.98 Å². The van der Waals surface area contributed by atoms with E-state index in [1.54, 1.807) is 24.3 Å². The number of amides is 1. The van der Waals surface area contributed by atoms with Gasteiger partial charge >= 0.3 is 5.91 Å². The van der Waals surface area contributed by atoms with Crippen molar-refractivity contribution in [2.24, 2.45) is 5.92 Å². The van der Waals surface area contributed by atoms with Gasteiger partial charge in [-0.1, -0.05) is 37.3 Å². The molecule has 1 saturated heterocycles. The average Bonchev–Trinajstić information content (AvgIpc) is 3.41. The summed E-state index contributed by atoms with van der Waals surface area (Å²) >= 11 is 1.06. The minimum absolute atomic E-state index is 0.161. The first kappa shape index (κ1) is 25.5. The molecule has 0 saturated carbocycles. The lowest BCUT2D eigenvalue weighted by atomic mass is 9.95. The zero-order valence-corrected chi connectivity index (χ0v) is 21.5. The molecule has 0 bridgehead atoms. The fourth-order valence-corrected chi connectivity index (χ4v) is 5.30. The van der Waals surface area contributed by atoms with Gasteiger partial charge in [0.05, 0.1) is 28.4 Å². The highest BCUT2D eigenvalue weighted by atomic mass is 32.1. The molecule has 9 heteroatoms. The number of benzene rings is 3. The quantitative estimate of drug-likeness (QED) is 0.164. The molecule has 2 heterocycles. The summed E-state index contributed by atoms with van der Waals surface area (Å²) in [5.74, 6) is -2.20. The van der Waals surface area contributed by atoms with Gasteiger partial charge in [-0.2, -0.15) is 0 Å². The summed E-state index contributed by atoms with van der Waals surface area (Å²) in [6.45, 7) is 4.67. The zero-order chi connectivity index (χ0) is 27.0. The van der Waals surface area contributed by atoms with Gasteiger partial charge < -0.3 is 9.84 Å². The van der Waals surface area contributed by atoms with E-state index in [1.807, 2.05) is 0 Å². The first-order valence-electron chi connectivity index (χ1n) is 12.1. The number of Topliss-reactive ketones (excluding diaryl/α,β-unsaturated/α-hetero) is 1. The van der Waals surface area contributed by atoms with E-state index in [2.05, 4.69) is 18.8 Å². The molecule has 3 aromatic carbocycles. The Morgan fingerprint density at radius 1 is 1.05 bits per heavy atom. The van der Waals surface area contributed by atoms with Crippen LogP contribution >= 0.6 is 11.3 Å². The molecule has 4 aromatic rings. The number of fused-ring (bicyclic) bond motifs is 1. The van der Waals surface area contributed by atoms with Gasteiger partial charge in [0.1, 0.15) is 23.1 Å². The Hall–Kier alpha value is -4.11. The average molecular weight is 535 g/mol. The fraction of sp³-hybridized carbons (Fsp3) is 0.207. The predicted molar refractivity (Wildman–Crippen MR) is 142 cm³/mol. The number of hydrogen-bond acceptors (Lipinski definition) is 6.